The lowest BCUT2D eigenvalue weighted by Crippen LogP contribution is -2.44. The molecule has 204 valence electrons. The molecule has 0 radical (unpaired) electrons. The number of rotatable bonds is 5. The van der Waals surface area contributed by atoms with Gasteiger partial charge in [0.1, 0.15) is 29.9 Å². The first kappa shape index (κ1) is 25.6. The predicted molar refractivity (Wildman–Crippen MR) is 146 cm³/mol. The van der Waals surface area contributed by atoms with Gasteiger partial charge in [-0.05, 0) is 71.5 Å². The van der Waals surface area contributed by atoms with E-state index in [0.717, 1.165) is 44.2 Å². The molecular formula is C29H35N7O3. The number of aliphatic hydroxyl groups is 1. The van der Waals surface area contributed by atoms with Crippen molar-refractivity contribution in [1.82, 2.24) is 29.4 Å². The number of carbonyl (C=O) groups excluding carboxylic acids is 1. The summed E-state index contributed by atoms with van der Waals surface area (Å²) in [7, 11) is 2.10. The highest BCUT2D eigenvalue weighted by molar-refractivity contribution is 6.18. The topological polar surface area (TPSA) is 130 Å². The summed E-state index contributed by atoms with van der Waals surface area (Å²) in [4.78, 5) is 33.5. The number of allylic oxidation sites excluding steroid dienone is 1. The molecule has 2 aliphatic carbocycles. The molecule has 1 saturated heterocycles. The zero-order chi connectivity index (χ0) is 27.1. The second-order valence-corrected chi connectivity index (χ2v) is 11.2. The van der Waals surface area contributed by atoms with Crippen LogP contribution in [-0.4, -0.2) is 71.7 Å². The lowest BCUT2D eigenvalue weighted by molar-refractivity contribution is -0.128. The summed E-state index contributed by atoms with van der Waals surface area (Å²) in [5, 5.41) is 20.6. The van der Waals surface area contributed by atoms with E-state index in [2.05, 4.69) is 26.9 Å². The van der Waals surface area contributed by atoms with E-state index in [1.165, 1.54) is 0 Å². The number of likely N-dealkylation sites (N-methyl/N-ethyl adjacent to an activating group) is 1. The second kappa shape index (κ2) is 10.1. The van der Waals surface area contributed by atoms with Gasteiger partial charge >= 0.3 is 0 Å². The zero-order valence-corrected chi connectivity index (χ0v) is 22.6. The number of ether oxygens (including phenoxy) is 1. The fourth-order valence-corrected chi connectivity index (χ4v) is 6.64. The van der Waals surface area contributed by atoms with E-state index in [1.54, 1.807) is 29.4 Å². The number of likely N-dealkylation sites (tertiary alicyclic amines) is 1. The first-order valence-electron chi connectivity index (χ1n) is 14.0. The number of Topliss-reactive ketones (excluding diaryl/α,β-unsaturated/α-hetero) is 1. The van der Waals surface area contributed by atoms with Crippen LogP contribution in [0.5, 0.6) is 5.88 Å². The number of carbonyl (C=O) groups is 1. The van der Waals surface area contributed by atoms with Crippen molar-refractivity contribution in [3.05, 3.63) is 42.3 Å². The number of aliphatic hydroxyl groups excluding tert-OH is 1. The van der Waals surface area contributed by atoms with E-state index >= 15 is 0 Å². The Bertz CT molecular complexity index is 1410. The SMILES string of the molecule is C[C@H](Oc1cc(-n2cncc3ccnc2-3)nc(/C(O)=C2\CCC[C@@]3(CCCCC3=O)C2=N)n1)[C@@H]1CCCN1C. The highest BCUT2D eigenvalue weighted by Gasteiger charge is 2.47. The van der Waals surface area contributed by atoms with Crippen LogP contribution in [0.25, 0.3) is 23.0 Å². The minimum absolute atomic E-state index is 0.0746. The van der Waals surface area contributed by atoms with E-state index in [-0.39, 0.29) is 35.2 Å². The predicted octanol–water partition coefficient (Wildman–Crippen LogP) is 4.63. The number of nitrogens with one attached hydrogen (secondary N) is 1. The third-order valence-corrected chi connectivity index (χ3v) is 8.79. The average molecular weight is 530 g/mol. The summed E-state index contributed by atoms with van der Waals surface area (Å²) >= 11 is 0. The van der Waals surface area contributed by atoms with Gasteiger partial charge in [0.15, 0.2) is 11.6 Å². The molecule has 0 amide bonds. The number of nitrogens with zero attached hydrogens (tertiary/aromatic N) is 6. The monoisotopic (exact) mass is 529 g/mol. The van der Waals surface area contributed by atoms with Crippen molar-refractivity contribution in [2.24, 2.45) is 5.41 Å². The molecule has 4 heterocycles. The van der Waals surface area contributed by atoms with Crippen LogP contribution in [0.1, 0.15) is 70.5 Å². The molecule has 0 unspecified atom stereocenters. The molecule has 6 rings (SSSR count). The minimum Gasteiger partial charge on any atom is -0.504 e. The van der Waals surface area contributed by atoms with Crippen LogP contribution in [-0.2, 0) is 4.79 Å². The van der Waals surface area contributed by atoms with Crippen LogP contribution in [0.3, 0.4) is 0 Å². The normalized spacial score (nSPS) is 26.4. The Morgan fingerprint density at radius 1 is 1.21 bits per heavy atom. The van der Waals surface area contributed by atoms with Gasteiger partial charge in [0.25, 0.3) is 0 Å². The molecule has 3 atom stereocenters. The van der Waals surface area contributed by atoms with Crippen molar-refractivity contribution in [2.45, 2.75) is 76.9 Å². The van der Waals surface area contributed by atoms with Gasteiger partial charge in [-0.25, -0.2) is 15.0 Å². The molecule has 0 aromatic carbocycles. The van der Waals surface area contributed by atoms with Crippen molar-refractivity contribution >= 4 is 17.3 Å². The molecule has 0 bridgehead atoms. The molecule has 5 aliphatic rings. The average Bonchev–Trinajstić information content (AvgIpc) is 3.60. The quantitative estimate of drug-likeness (QED) is 0.458. The summed E-state index contributed by atoms with van der Waals surface area (Å²) in [6.45, 7) is 3.07. The van der Waals surface area contributed by atoms with Crippen molar-refractivity contribution in [3.8, 4) is 23.1 Å². The van der Waals surface area contributed by atoms with Gasteiger partial charge in [-0.15, -0.1) is 0 Å². The highest BCUT2D eigenvalue weighted by atomic mass is 16.5. The van der Waals surface area contributed by atoms with Crippen LogP contribution < -0.4 is 4.74 Å². The van der Waals surface area contributed by atoms with E-state index in [0.29, 0.717) is 48.8 Å². The van der Waals surface area contributed by atoms with E-state index in [1.807, 2.05) is 13.0 Å². The Morgan fingerprint density at radius 2 is 2.05 bits per heavy atom. The number of aromatic nitrogens is 5. The van der Waals surface area contributed by atoms with Crippen molar-refractivity contribution in [1.29, 1.82) is 5.41 Å². The fraction of sp³-hybridized carbons (Fsp3) is 0.517. The summed E-state index contributed by atoms with van der Waals surface area (Å²) in [6.07, 6.45) is 11.9. The Morgan fingerprint density at radius 3 is 2.85 bits per heavy atom. The van der Waals surface area contributed by atoms with E-state index in [4.69, 9.17) is 15.1 Å². The summed E-state index contributed by atoms with van der Waals surface area (Å²) < 4.78 is 8.11. The summed E-state index contributed by atoms with van der Waals surface area (Å²) in [5.74, 6) is 1.49. The van der Waals surface area contributed by atoms with E-state index in [9.17, 15) is 9.90 Å². The first-order chi connectivity index (χ1) is 18.9. The van der Waals surface area contributed by atoms with Gasteiger partial charge in [-0.2, -0.15) is 4.98 Å². The van der Waals surface area contributed by atoms with Crippen LogP contribution in [0.4, 0.5) is 0 Å². The molecule has 3 fully saturated rings. The number of hydrogen-bond acceptors (Lipinski definition) is 9. The standard InChI is InChI=1S/C29H35N7O3/c1-18(21-8-6-14-35(21)2)39-24-15-23(36-17-31-16-19-10-13-32-28(19)36)33-27(34-24)25(38)20-7-5-12-29(26(20)30)11-4-3-9-22(29)37/h10,13,15-18,21,30,38H,3-9,11-12,14H2,1-2H3/b25-20-,30-26?/t18-,21-,29+/m0/s1. The van der Waals surface area contributed by atoms with Crippen LogP contribution in [0.15, 0.2) is 36.4 Å². The molecule has 2 saturated carbocycles. The van der Waals surface area contributed by atoms with Gasteiger partial charge in [-0.1, -0.05) is 6.42 Å². The minimum atomic E-state index is -0.804. The Balaban J connectivity index is 1.43. The molecule has 10 nitrogen and oxygen atoms in total. The largest absolute Gasteiger partial charge is 0.504 e. The number of hydrogen-bond donors (Lipinski definition) is 2. The van der Waals surface area contributed by atoms with Gasteiger partial charge in [0.2, 0.25) is 5.88 Å². The third-order valence-electron chi connectivity index (χ3n) is 8.79. The summed E-state index contributed by atoms with van der Waals surface area (Å²) in [6, 6.07) is 3.87. The van der Waals surface area contributed by atoms with Gasteiger partial charge in [0.05, 0.1) is 11.1 Å². The molecule has 1 aromatic heterocycles. The molecule has 3 aliphatic heterocycles. The fourth-order valence-electron chi connectivity index (χ4n) is 6.64. The lowest BCUT2D eigenvalue weighted by atomic mass is 9.62. The number of ketones is 1. The smallest absolute Gasteiger partial charge is 0.219 e. The molecule has 1 aromatic rings. The second-order valence-electron chi connectivity index (χ2n) is 11.2. The van der Waals surface area contributed by atoms with Gasteiger partial charge < -0.3 is 15.3 Å². The summed E-state index contributed by atoms with van der Waals surface area (Å²) in [5.41, 5.74) is 0.732. The van der Waals surface area contributed by atoms with Crippen LogP contribution in [0, 0.1) is 10.8 Å². The Hall–Kier alpha value is -3.66. The molecule has 2 N–H and O–H groups in total. The highest BCUT2D eigenvalue weighted by Crippen LogP contribution is 2.46. The van der Waals surface area contributed by atoms with Crippen LogP contribution >= 0.6 is 0 Å². The first-order valence-corrected chi connectivity index (χ1v) is 14.0. The Labute approximate surface area is 228 Å². The molecular weight excluding hydrogens is 494 g/mol. The van der Waals surface area contributed by atoms with Crippen molar-refractivity contribution < 1.29 is 14.6 Å². The zero-order valence-electron chi connectivity index (χ0n) is 22.6. The van der Waals surface area contributed by atoms with E-state index < -0.39 is 5.41 Å². The third kappa shape index (κ3) is 4.50. The lowest BCUT2D eigenvalue weighted by Gasteiger charge is -2.40. The van der Waals surface area contributed by atoms with Crippen molar-refractivity contribution in [3.63, 3.8) is 0 Å². The van der Waals surface area contributed by atoms with Gasteiger partial charge in [0, 0.05) is 42.1 Å². The van der Waals surface area contributed by atoms with Gasteiger partial charge in [-0.3, -0.25) is 14.3 Å². The maximum absolute atomic E-state index is 13.0. The molecule has 10 heteroatoms. The maximum Gasteiger partial charge on any atom is 0.219 e. The molecule has 1 spiro atoms. The number of fused-ring (bicyclic) bond motifs is 1. The maximum atomic E-state index is 13.0. The van der Waals surface area contributed by atoms with Crippen LogP contribution in [0.2, 0.25) is 0 Å². The van der Waals surface area contributed by atoms with Crippen molar-refractivity contribution in [2.75, 3.05) is 13.6 Å². The molecule has 39 heavy (non-hydrogen) atoms. The Kier molecular flexibility index (Phi) is 6.66.